The molecule has 0 aliphatic rings. The molecule has 0 radical (unpaired) electrons. The topological polar surface area (TPSA) is 56.7 Å². The van der Waals surface area contributed by atoms with Crippen LogP contribution in [-0.2, 0) is 13.5 Å². The molecule has 2 rings (SSSR count). The summed E-state index contributed by atoms with van der Waals surface area (Å²) in [7, 11) is 1.78. The Hall–Kier alpha value is -1.91. The van der Waals surface area contributed by atoms with Crippen molar-refractivity contribution < 1.29 is 4.39 Å². The van der Waals surface area contributed by atoms with Crippen molar-refractivity contribution in [3.63, 3.8) is 0 Å². The lowest BCUT2D eigenvalue weighted by molar-refractivity contribution is 0.621. The van der Waals surface area contributed by atoms with Crippen LogP contribution in [0.4, 0.5) is 10.2 Å². The Morgan fingerprint density at radius 3 is 2.75 bits per heavy atom. The third-order valence-corrected chi connectivity index (χ3v) is 2.52. The largest absolute Gasteiger partial charge is 0.384 e. The predicted octanol–water partition coefficient (Wildman–Crippen LogP) is 1.77. The lowest BCUT2D eigenvalue weighted by atomic mass is 10.1. The highest BCUT2D eigenvalue weighted by Crippen LogP contribution is 2.25. The molecule has 0 saturated heterocycles. The molecule has 0 atom stereocenters. The van der Waals surface area contributed by atoms with Crippen molar-refractivity contribution in [2.75, 3.05) is 5.73 Å². The number of rotatable bonds is 2. The Bertz CT molecular complexity index is 501. The molecular weight excluding hydrogens is 207 g/mol. The third-order valence-electron chi connectivity index (χ3n) is 2.52. The molecule has 0 aliphatic heterocycles. The Morgan fingerprint density at radius 1 is 1.44 bits per heavy atom. The van der Waals surface area contributed by atoms with Crippen LogP contribution < -0.4 is 5.73 Å². The minimum Gasteiger partial charge on any atom is -0.384 e. The number of aryl methyl sites for hydroxylation is 1. The molecule has 2 heterocycles. The van der Waals surface area contributed by atoms with Crippen molar-refractivity contribution >= 4 is 5.82 Å². The average molecular weight is 220 g/mol. The lowest BCUT2D eigenvalue weighted by Gasteiger charge is -1.99. The first-order valence-corrected chi connectivity index (χ1v) is 5.06. The minimum absolute atomic E-state index is 0.356. The molecule has 0 amide bonds. The SMILES string of the molecule is CCc1c(-c2ccc(F)cn2)nn(C)c1N. The number of pyridine rings is 1. The van der Waals surface area contributed by atoms with Gasteiger partial charge in [0.2, 0.25) is 0 Å². The predicted molar refractivity (Wildman–Crippen MR) is 60.2 cm³/mol. The maximum atomic E-state index is 12.8. The number of nitrogens with zero attached hydrogens (tertiary/aromatic N) is 3. The highest BCUT2D eigenvalue weighted by Gasteiger charge is 2.14. The summed E-state index contributed by atoms with van der Waals surface area (Å²) in [5.74, 6) is 0.273. The summed E-state index contributed by atoms with van der Waals surface area (Å²) in [6.45, 7) is 2.00. The zero-order valence-electron chi connectivity index (χ0n) is 9.24. The first-order valence-electron chi connectivity index (χ1n) is 5.06. The molecule has 0 spiro atoms. The minimum atomic E-state index is -0.356. The van der Waals surface area contributed by atoms with Gasteiger partial charge in [-0.05, 0) is 18.6 Å². The maximum Gasteiger partial charge on any atom is 0.141 e. The van der Waals surface area contributed by atoms with E-state index in [1.165, 1.54) is 12.3 Å². The number of anilines is 1. The molecule has 2 aromatic rings. The summed E-state index contributed by atoms with van der Waals surface area (Å²) in [6.07, 6.45) is 1.95. The van der Waals surface area contributed by atoms with Crippen LogP contribution in [0.15, 0.2) is 18.3 Å². The Balaban J connectivity index is 2.55. The van der Waals surface area contributed by atoms with Gasteiger partial charge in [-0.3, -0.25) is 9.67 Å². The van der Waals surface area contributed by atoms with Gasteiger partial charge in [-0.2, -0.15) is 5.10 Å². The summed E-state index contributed by atoms with van der Waals surface area (Å²) < 4.78 is 14.4. The lowest BCUT2D eigenvalue weighted by Crippen LogP contribution is -1.98. The standard InChI is InChI=1S/C11H13FN4/c1-3-8-10(15-16(2)11(8)13)9-5-4-7(12)6-14-9/h4-6H,3,13H2,1-2H3. The van der Waals surface area contributed by atoms with Crippen molar-refractivity contribution in [2.45, 2.75) is 13.3 Å². The molecule has 2 aromatic heterocycles. The van der Waals surface area contributed by atoms with E-state index in [0.29, 0.717) is 11.5 Å². The van der Waals surface area contributed by atoms with Gasteiger partial charge in [0, 0.05) is 12.6 Å². The van der Waals surface area contributed by atoms with Crippen LogP contribution >= 0.6 is 0 Å². The molecule has 84 valence electrons. The van der Waals surface area contributed by atoms with Crippen LogP contribution in [0, 0.1) is 5.82 Å². The Kier molecular flexibility index (Phi) is 2.60. The summed E-state index contributed by atoms with van der Waals surface area (Å²) >= 11 is 0. The fourth-order valence-electron chi connectivity index (χ4n) is 1.65. The van der Waals surface area contributed by atoms with Crippen LogP contribution in [0.2, 0.25) is 0 Å². The normalized spacial score (nSPS) is 10.7. The molecule has 0 aliphatic carbocycles. The van der Waals surface area contributed by atoms with Crippen LogP contribution in [0.1, 0.15) is 12.5 Å². The van der Waals surface area contributed by atoms with Crippen molar-refractivity contribution in [1.82, 2.24) is 14.8 Å². The molecule has 5 heteroatoms. The van der Waals surface area contributed by atoms with Gasteiger partial charge in [0.05, 0.1) is 11.9 Å². The van der Waals surface area contributed by atoms with Gasteiger partial charge in [-0.15, -0.1) is 0 Å². The van der Waals surface area contributed by atoms with Crippen molar-refractivity contribution in [3.8, 4) is 11.4 Å². The maximum absolute atomic E-state index is 12.8. The van der Waals surface area contributed by atoms with E-state index in [4.69, 9.17) is 5.73 Å². The van der Waals surface area contributed by atoms with E-state index in [-0.39, 0.29) is 5.82 Å². The van der Waals surface area contributed by atoms with Crippen LogP contribution in [0.5, 0.6) is 0 Å². The summed E-state index contributed by atoms with van der Waals surface area (Å²) in [6, 6.07) is 2.98. The monoisotopic (exact) mass is 220 g/mol. The number of aromatic nitrogens is 3. The first-order chi connectivity index (χ1) is 7.63. The molecule has 0 saturated carbocycles. The molecule has 0 aromatic carbocycles. The zero-order chi connectivity index (χ0) is 11.7. The van der Waals surface area contributed by atoms with Crippen molar-refractivity contribution in [2.24, 2.45) is 7.05 Å². The second kappa shape index (κ2) is 3.92. The Labute approximate surface area is 92.9 Å². The zero-order valence-corrected chi connectivity index (χ0v) is 9.24. The van der Waals surface area contributed by atoms with Crippen LogP contribution in [0.3, 0.4) is 0 Å². The third kappa shape index (κ3) is 1.64. The van der Waals surface area contributed by atoms with Crippen LogP contribution in [0.25, 0.3) is 11.4 Å². The van der Waals surface area contributed by atoms with Gasteiger partial charge in [0.15, 0.2) is 0 Å². The van der Waals surface area contributed by atoms with E-state index in [2.05, 4.69) is 10.1 Å². The van der Waals surface area contributed by atoms with Gasteiger partial charge in [-0.25, -0.2) is 4.39 Å². The molecule has 16 heavy (non-hydrogen) atoms. The van der Waals surface area contributed by atoms with Gasteiger partial charge in [0.1, 0.15) is 17.3 Å². The van der Waals surface area contributed by atoms with E-state index >= 15 is 0 Å². The first kappa shape index (κ1) is 10.6. The average Bonchev–Trinajstić information content (AvgIpc) is 2.56. The number of nitrogen functional groups attached to an aromatic ring is 1. The van der Waals surface area contributed by atoms with E-state index in [1.54, 1.807) is 17.8 Å². The number of hydrogen-bond acceptors (Lipinski definition) is 3. The quantitative estimate of drug-likeness (QED) is 0.839. The summed E-state index contributed by atoms with van der Waals surface area (Å²) in [5, 5.41) is 4.29. The molecule has 0 bridgehead atoms. The molecule has 0 unspecified atom stereocenters. The fraction of sp³-hybridized carbons (Fsp3) is 0.273. The van der Waals surface area contributed by atoms with Crippen LogP contribution in [-0.4, -0.2) is 14.8 Å². The number of nitrogens with two attached hydrogens (primary N) is 1. The van der Waals surface area contributed by atoms with E-state index in [0.717, 1.165) is 17.7 Å². The fourth-order valence-corrected chi connectivity index (χ4v) is 1.65. The van der Waals surface area contributed by atoms with Gasteiger partial charge >= 0.3 is 0 Å². The van der Waals surface area contributed by atoms with Crippen molar-refractivity contribution in [1.29, 1.82) is 0 Å². The second-order valence-electron chi connectivity index (χ2n) is 3.55. The smallest absolute Gasteiger partial charge is 0.141 e. The molecule has 2 N–H and O–H groups in total. The van der Waals surface area contributed by atoms with E-state index in [1.807, 2.05) is 6.92 Å². The summed E-state index contributed by atoms with van der Waals surface area (Å²) in [5.41, 5.74) is 8.19. The van der Waals surface area contributed by atoms with Gasteiger partial charge < -0.3 is 5.73 Å². The van der Waals surface area contributed by atoms with E-state index < -0.39 is 0 Å². The van der Waals surface area contributed by atoms with Gasteiger partial charge in [0.25, 0.3) is 0 Å². The highest BCUT2D eigenvalue weighted by molar-refractivity contribution is 5.65. The van der Waals surface area contributed by atoms with Crippen molar-refractivity contribution in [3.05, 3.63) is 29.7 Å². The highest BCUT2D eigenvalue weighted by atomic mass is 19.1. The van der Waals surface area contributed by atoms with Gasteiger partial charge in [-0.1, -0.05) is 6.92 Å². The number of hydrogen-bond donors (Lipinski definition) is 1. The molecule has 4 nitrogen and oxygen atoms in total. The second-order valence-corrected chi connectivity index (χ2v) is 3.55. The number of halogens is 1. The molecule has 0 fully saturated rings. The van der Waals surface area contributed by atoms with E-state index in [9.17, 15) is 4.39 Å². The summed E-state index contributed by atoms with van der Waals surface area (Å²) in [4.78, 5) is 4.01. The molecular formula is C11H13FN4. The Morgan fingerprint density at radius 2 is 2.19 bits per heavy atom.